The van der Waals surface area contributed by atoms with Crippen LogP contribution in [0.5, 0.6) is 0 Å². The minimum Gasteiger partial charge on any atom is -0.481 e. The molecule has 0 bridgehead atoms. The van der Waals surface area contributed by atoms with E-state index in [0.717, 1.165) is 95.7 Å². The number of ether oxygens (including phenoxy) is 1. The first-order chi connectivity index (χ1) is 27.9. The molecule has 0 amide bonds. The molecule has 58 heavy (non-hydrogen) atoms. The van der Waals surface area contributed by atoms with E-state index in [1.807, 2.05) is 20.8 Å². The first-order valence-corrected chi connectivity index (χ1v) is 22.8. The van der Waals surface area contributed by atoms with Gasteiger partial charge in [-0.05, 0) is 59.5 Å². The molecule has 328 valence electrons. The van der Waals surface area contributed by atoms with Gasteiger partial charge < -0.3 is 28.7 Å². The van der Waals surface area contributed by atoms with Crippen molar-refractivity contribution in [2.75, 3.05) is 66.5 Å². The molecule has 0 aromatic carbocycles. The van der Waals surface area contributed by atoms with E-state index < -0.39 is 11.6 Å². The molecule has 2 saturated heterocycles. The number of hydrogen-bond acceptors (Lipinski definition) is 13. The highest BCUT2D eigenvalue weighted by atomic mass is 16.6. The summed E-state index contributed by atoms with van der Waals surface area (Å²) in [6.07, 6.45) is 20.2. The van der Waals surface area contributed by atoms with Gasteiger partial charge in [0, 0.05) is 64.2 Å². The zero-order chi connectivity index (χ0) is 41.3. The summed E-state index contributed by atoms with van der Waals surface area (Å²) < 4.78 is 16.7. The van der Waals surface area contributed by atoms with Gasteiger partial charge in [0.25, 0.3) is 0 Å². The predicted octanol–water partition coefficient (Wildman–Crippen LogP) is 7.51. The second-order valence-electron chi connectivity index (χ2n) is 18.9. The van der Waals surface area contributed by atoms with E-state index in [-0.39, 0.29) is 24.2 Å². The summed E-state index contributed by atoms with van der Waals surface area (Å²) >= 11 is 0. The fourth-order valence-electron chi connectivity index (χ4n) is 9.09. The quantitative estimate of drug-likeness (QED) is 0.148. The van der Waals surface area contributed by atoms with Gasteiger partial charge in [-0.1, -0.05) is 100 Å². The highest BCUT2D eigenvalue weighted by Gasteiger charge is 2.28. The standard InChI is InChI=1S/C24H42N4O3.C20H34N4O3/c1-24(2,3)30-22(29)17-20(12-8-11-19-9-6-5-7-10-19)23-25-21(26-31-23)18-28-15-13-27(4)14-16-28;1-23-10-12-24(13-11-23)15-18-21-20(27-22-18)17(14-19(25)26)9-5-8-16-6-3-2-4-7-16/h19-20H,5-18H2,1-4H3;16-17H,2-15H2,1H3,(H,25,26)/t20-;17-/m11/s1. The van der Waals surface area contributed by atoms with Gasteiger partial charge in [0.2, 0.25) is 11.8 Å². The van der Waals surface area contributed by atoms with E-state index >= 15 is 0 Å². The Kier molecular flexibility index (Phi) is 18.9. The smallest absolute Gasteiger partial charge is 0.307 e. The molecule has 14 heteroatoms. The molecule has 14 nitrogen and oxygen atoms in total. The number of aliphatic carboxylic acids is 1. The zero-order valence-corrected chi connectivity index (χ0v) is 36.7. The lowest BCUT2D eigenvalue weighted by atomic mass is 9.84. The van der Waals surface area contributed by atoms with Crippen LogP contribution in [0, 0.1) is 11.8 Å². The van der Waals surface area contributed by atoms with Crippen LogP contribution in [-0.4, -0.2) is 129 Å². The number of hydrogen-bond donors (Lipinski definition) is 1. The zero-order valence-electron chi connectivity index (χ0n) is 36.7. The molecule has 0 radical (unpaired) electrons. The van der Waals surface area contributed by atoms with Crippen LogP contribution in [0.2, 0.25) is 0 Å². The van der Waals surface area contributed by atoms with Gasteiger partial charge in [-0.2, -0.15) is 9.97 Å². The Morgan fingerprint density at radius 1 is 0.672 bits per heavy atom. The molecule has 2 aliphatic heterocycles. The molecular weight excluding hydrogens is 737 g/mol. The Bertz CT molecular complexity index is 1470. The van der Waals surface area contributed by atoms with Crippen molar-refractivity contribution in [2.24, 2.45) is 11.8 Å². The normalized spacial score (nSPS) is 21.0. The SMILES string of the molecule is CN1CCN(Cc2noc([C@H](CCCC3CCCCC3)CC(=O)O)n2)CC1.CN1CCN(Cc2noc([C@H](CCCC3CCCCC3)CC(=O)OC(C)(C)C)n2)CC1. The van der Waals surface area contributed by atoms with Crippen LogP contribution in [0.3, 0.4) is 0 Å². The molecule has 2 aliphatic carbocycles. The van der Waals surface area contributed by atoms with Crippen LogP contribution in [0.4, 0.5) is 0 Å². The fraction of sp³-hybridized carbons (Fsp3) is 0.864. The molecule has 4 fully saturated rings. The Morgan fingerprint density at radius 2 is 1.09 bits per heavy atom. The number of carboxylic acids is 1. The first kappa shape index (κ1) is 46.1. The second kappa shape index (κ2) is 23.7. The predicted molar refractivity (Wildman–Crippen MR) is 223 cm³/mol. The van der Waals surface area contributed by atoms with E-state index in [4.69, 9.17) is 18.8 Å². The number of nitrogens with zero attached hydrogens (tertiary/aromatic N) is 8. The molecule has 1 N–H and O–H groups in total. The lowest BCUT2D eigenvalue weighted by Gasteiger charge is -2.31. The number of aromatic nitrogens is 4. The maximum absolute atomic E-state index is 12.5. The van der Waals surface area contributed by atoms with Crippen LogP contribution >= 0.6 is 0 Å². The summed E-state index contributed by atoms with van der Waals surface area (Å²) in [5, 5.41) is 17.6. The molecule has 2 atom stereocenters. The minimum absolute atomic E-state index is 0.0628. The number of carboxylic acid groups (broad SMARTS) is 1. The van der Waals surface area contributed by atoms with Crippen molar-refractivity contribution < 1.29 is 28.5 Å². The minimum atomic E-state index is -0.795. The molecule has 2 saturated carbocycles. The number of piperazine rings is 2. The molecule has 2 aromatic rings. The summed E-state index contributed by atoms with van der Waals surface area (Å²) in [5.41, 5.74) is -0.481. The third-order valence-corrected chi connectivity index (χ3v) is 12.6. The summed E-state index contributed by atoms with van der Waals surface area (Å²) in [4.78, 5) is 42.4. The topological polar surface area (TPSA) is 154 Å². The van der Waals surface area contributed by atoms with Crippen LogP contribution < -0.4 is 0 Å². The Balaban J connectivity index is 0.000000223. The van der Waals surface area contributed by atoms with E-state index in [9.17, 15) is 14.7 Å². The molecule has 4 aliphatic rings. The van der Waals surface area contributed by atoms with E-state index in [2.05, 4.69) is 49.0 Å². The van der Waals surface area contributed by atoms with Crippen LogP contribution in [0.1, 0.15) is 172 Å². The lowest BCUT2D eigenvalue weighted by molar-refractivity contribution is -0.155. The van der Waals surface area contributed by atoms with Crippen molar-refractivity contribution in [3.63, 3.8) is 0 Å². The maximum atomic E-state index is 12.5. The van der Waals surface area contributed by atoms with Crippen molar-refractivity contribution in [3.8, 4) is 0 Å². The van der Waals surface area contributed by atoms with Crippen molar-refractivity contribution in [2.45, 2.75) is 167 Å². The van der Waals surface area contributed by atoms with E-state index in [1.54, 1.807) is 0 Å². The monoisotopic (exact) mass is 813 g/mol. The summed E-state index contributed by atoms with van der Waals surface area (Å²) in [5.74, 6) is 2.95. The Morgan fingerprint density at radius 3 is 1.48 bits per heavy atom. The molecule has 0 spiro atoms. The molecular formula is C44H76N8O6. The van der Waals surface area contributed by atoms with Crippen molar-refractivity contribution in [1.29, 1.82) is 0 Å². The lowest BCUT2D eigenvalue weighted by Crippen LogP contribution is -2.44. The van der Waals surface area contributed by atoms with Gasteiger partial charge in [-0.15, -0.1) is 0 Å². The number of carbonyl (C=O) groups is 2. The van der Waals surface area contributed by atoms with Crippen LogP contribution in [0.15, 0.2) is 9.05 Å². The Labute approximate surface area is 348 Å². The van der Waals surface area contributed by atoms with Gasteiger partial charge in [0.15, 0.2) is 11.6 Å². The van der Waals surface area contributed by atoms with Gasteiger partial charge >= 0.3 is 11.9 Å². The Hall–Kier alpha value is -2.94. The number of esters is 1. The number of rotatable bonds is 18. The molecule has 4 heterocycles. The van der Waals surface area contributed by atoms with Crippen molar-refractivity contribution >= 4 is 11.9 Å². The first-order valence-electron chi connectivity index (χ1n) is 22.8. The second-order valence-corrected chi connectivity index (χ2v) is 18.9. The highest BCUT2D eigenvalue weighted by Crippen LogP contribution is 2.33. The molecule has 0 unspecified atom stereocenters. The van der Waals surface area contributed by atoms with E-state index in [1.165, 1.54) is 77.0 Å². The molecule has 6 rings (SSSR count). The van der Waals surface area contributed by atoms with Crippen molar-refractivity contribution in [3.05, 3.63) is 23.4 Å². The number of carbonyl (C=O) groups excluding carboxylic acids is 1. The average Bonchev–Trinajstić information content (AvgIpc) is 3.86. The highest BCUT2D eigenvalue weighted by molar-refractivity contribution is 5.70. The summed E-state index contributed by atoms with van der Waals surface area (Å²) in [6, 6.07) is 0. The van der Waals surface area contributed by atoms with Gasteiger partial charge in [0.05, 0.1) is 25.9 Å². The van der Waals surface area contributed by atoms with Gasteiger partial charge in [0.1, 0.15) is 5.60 Å². The maximum Gasteiger partial charge on any atom is 0.307 e. The number of likely N-dealkylation sites (N-methyl/N-ethyl adjacent to an activating group) is 2. The summed E-state index contributed by atoms with van der Waals surface area (Å²) in [6.45, 7) is 15.4. The summed E-state index contributed by atoms with van der Waals surface area (Å²) in [7, 11) is 4.28. The van der Waals surface area contributed by atoms with Crippen LogP contribution in [0.25, 0.3) is 0 Å². The third-order valence-electron chi connectivity index (χ3n) is 12.6. The molecule has 2 aromatic heterocycles. The third kappa shape index (κ3) is 17.0. The van der Waals surface area contributed by atoms with Gasteiger partial charge in [-0.3, -0.25) is 19.4 Å². The largest absolute Gasteiger partial charge is 0.481 e. The average molecular weight is 813 g/mol. The fourth-order valence-corrected chi connectivity index (χ4v) is 9.09. The van der Waals surface area contributed by atoms with Crippen molar-refractivity contribution in [1.82, 2.24) is 39.9 Å². The van der Waals surface area contributed by atoms with Crippen LogP contribution in [-0.2, 0) is 27.4 Å². The van der Waals surface area contributed by atoms with Gasteiger partial charge in [-0.25, -0.2) is 0 Å². The van der Waals surface area contributed by atoms with E-state index in [0.29, 0.717) is 37.1 Å².